The van der Waals surface area contributed by atoms with Crippen molar-refractivity contribution in [2.75, 3.05) is 13.3 Å². The summed E-state index contributed by atoms with van der Waals surface area (Å²) in [6.07, 6.45) is 1.37. The molecule has 1 aromatic heterocycles. The van der Waals surface area contributed by atoms with Crippen molar-refractivity contribution in [2.24, 2.45) is 34.0 Å². The molecule has 43 heavy (non-hydrogen) atoms. The average molecular weight is 594 g/mol. The highest BCUT2D eigenvalue weighted by Gasteiger charge is 2.50. The monoisotopic (exact) mass is 593 g/mol. The van der Waals surface area contributed by atoms with Crippen LogP contribution < -0.4 is 10.7 Å². The molecule has 3 rings (SSSR count). The topological polar surface area (TPSA) is 106 Å². The van der Waals surface area contributed by atoms with E-state index >= 15 is 0 Å². The summed E-state index contributed by atoms with van der Waals surface area (Å²) < 4.78 is 12.1. The van der Waals surface area contributed by atoms with Crippen LogP contribution in [0.25, 0.3) is 21.9 Å². The van der Waals surface area contributed by atoms with E-state index in [2.05, 4.69) is 80.6 Å². The largest absolute Gasteiger partial charge is 0.480 e. The van der Waals surface area contributed by atoms with Crippen LogP contribution in [0.15, 0.2) is 51.7 Å². The molecule has 0 saturated carbocycles. The lowest BCUT2D eigenvalue weighted by atomic mass is 9.54. The molecule has 2 aromatic carbocycles. The van der Waals surface area contributed by atoms with E-state index in [9.17, 15) is 14.4 Å². The van der Waals surface area contributed by atoms with Crippen LogP contribution in [0.3, 0.4) is 0 Å². The van der Waals surface area contributed by atoms with Crippen LogP contribution in [-0.2, 0) is 14.3 Å². The lowest BCUT2D eigenvalue weighted by Crippen LogP contribution is -2.47. The predicted octanol–water partition coefficient (Wildman–Crippen LogP) is 7.99. The summed E-state index contributed by atoms with van der Waals surface area (Å²) in [5.74, 6) is -1.15. The molecule has 2 N–H and O–H groups in total. The minimum Gasteiger partial charge on any atom is -0.480 e. The molecule has 0 spiro atoms. The lowest BCUT2D eigenvalue weighted by molar-refractivity contribution is -0.161. The number of hydrogen-bond acceptors (Lipinski definition) is 6. The molecule has 3 aromatic rings. The molecule has 0 radical (unpaired) electrons. The molecule has 0 aliphatic heterocycles. The molecule has 0 aliphatic rings. The predicted molar refractivity (Wildman–Crippen MR) is 173 cm³/mol. The Balaban J connectivity index is 2.04. The fourth-order valence-electron chi connectivity index (χ4n) is 5.90. The fraction of sp³-hybridized carbons (Fsp3) is 0.583. The number of carbonyl (C=O) groups excluding carboxylic acids is 1. The van der Waals surface area contributed by atoms with Gasteiger partial charge in [0.25, 0.3) is 0 Å². The molecule has 236 valence electrons. The number of carbonyl (C=O) groups is 2. The van der Waals surface area contributed by atoms with Gasteiger partial charge in [-0.1, -0.05) is 93.5 Å². The third-order valence-electron chi connectivity index (χ3n) is 10.4. The number of aliphatic carboxylic acids is 1. The maximum atomic E-state index is 13.7. The third-order valence-corrected chi connectivity index (χ3v) is 10.4. The number of hydrogen-bond donors (Lipinski definition) is 2. The Morgan fingerprint density at radius 3 is 2.14 bits per heavy atom. The van der Waals surface area contributed by atoms with Gasteiger partial charge in [0, 0.05) is 0 Å². The zero-order valence-electron chi connectivity index (χ0n) is 27.7. The van der Waals surface area contributed by atoms with Gasteiger partial charge in [-0.05, 0) is 70.6 Å². The van der Waals surface area contributed by atoms with E-state index in [1.807, 2.05) is 30.3 Å². The van der Waals surface area contributed by atoms with Gasteiger partial charge in [0.05, 0.1) is 23.2 Å². The van der Waals surface area contributed by atoms with Crippen LogP contribution in [0.2, 0.25) is 0 Å². The first-order valence-corrected chi connectivity index (χ1v) is 15.4. The highest BCUT2D eigenvalue weighted by molar-refractivity contribution is 5.91. The van der Waals surface area contributed by atoms with Crippen molar-refractivity contribution >= 4 is 33.9 Å². The smallest absolute Gasteiger partial charge is 0.317 e. The second-order valence-corrected chi connectivity index (χ2v) is 14.6. The molecular weight excluding hydrogens is 542 g/mol. The molecule has 7 heteroatoms. The molecule has 0 aliphatic carbocycles. The first-order valence-electron chi connectivity index (χ1n) is 15.4. The Morgan fingerprint density at radius 1 is 0.907 bits per heavy atom. The van der Waals surface area contributed by atoms with Crippen LogP contribution in [0.1, 0.15) is 93.6 Å². The van der Waals surface area contributed by atoms with Gasteiger partial charge < -0.3 is 14.3 Å². The van der Waals surface area contributed by atoms with E-state index in [-0.39, 0.29) is 47.3 Å². The molecule has 0 saturated heterocycles. The van der Waals surface area contributed by atoms with E-state index < -0.39 is 17.3 Å². The SMILES string of the molecule is CC(C)C(CC(C)(C)C(C)(C)C(CC(C)(C)C(C)C)C(=O)OCNCC(=O)O)c1cccc2c(=O)c3ccccc3oc12. The van der Waals surface area contributed by atoms with Gasteiger partial charge in [0.2, 0.25) is 5.43 Å². The first kappa shape index (κ1) is 34.3. The second kappa shape index (κ2) is 13.2. The lowest BCUT2D eigenvalue weighted by Gasteiger charge is -2.50. The number of rotatable bonds is 14. The minimum atomic E-state index is -1.01. The fourth-order valence-corrected chi connectivity index (χ4v) is 5.90. The van der Waals surface area contributed by atoms with Gasteiger partial charge in [-0.3, -0.25) is 19.7 Å². The van der Waals surface area contributed by atoms with Gasteiger partial charge in [-0.25, -0.2) is 0 Å². The van der Waals surface area contributed by atoms with Crippen molar-refractivity contribution in [1.29, 1.82) is 0 Å². The number of esters is 1. The maximum absolute atomic E-state index is 13.7. The molecule has 2 unspecified atom stereocenters. The summed E-state index contributed by atoms with van der Waals surface area (Å²) in [5.41, 5.74) is 1.17. The summed E-state index contributed by atoms with van der Waals surface area (Å²) >= 11 is 0. The van der Waals surface area contributed by atoms with Crippen molar-refractivity contribution in [2.45, 2.75) is 88.0 Å². The van der Waals surface area contributed by atoms with Gasteiger partial charge in [0.15, 0.2) is 0 Å². The Labute approximate surface area is 256 Å². The second-order valence-electron chi connectivity index (χ2n) is 14.6. The number of benzene rings is 2. The summed E-state index contributed by atoms with van der Waals surface area (Å²) in [7, 11) is 0. The van der Waals surface area contributed by atoms with E-state index in [1.54, 1.807) is 6.07 Å². The van der Waals surface area contributed by atoms with Gasteiger partial charge >= 0.3 is 11.9 Å². The Hall–Kier alpha value is -3.19. The summed E-state index contributed by atoms with van der Waals surface area (Å²) in [4.78, 5) is 38.1. The van der Waals surface area contributed by atoms with Gasteiger partial charge in [-0.2, -0.15) is 0 Å². The average Bonchev–Trinajstić information content (AvgIpc) is 2.92. The molecule has 0 amide bonds. The van der Waals surface area contributed by atoms with E-state index in [1.165, 1.54) is 0 Å². The number of para-hydroxylation sites is 2. The summed E-state index contributed by atoms with van der Waals surface area (Å²) in [6.45, 7) is 21.4. The summed E-state index contributed by atoms with van der Waals surface area (Å²) in [5, 5.41) is 12.8. The van der Waals surface area contributed by atoms with Crippen molar-refractivity contribution in [3.63, 3.8) is 0 Å². The molecular formula is C36H51NO6. The van der Waals surface area contributed by atoms with Crippen molar-refractivity contribution in [3.8, 4) is 0 Å². The highest BCUT2D eigenvalue weighted by atomic mass is 16.5. The van der Waals surface area contributed by atoms with E-state index in [4.69, 9.17) is 14.3 Å². The molecule has 7 nitrogen and oxygen atoms in total. The standard InChI is InChI=1S/C36H51NO6/c1-22(2)27(24-15-13-16-26-31(40)25-14-11-12-17-29(25)43-32(24)26)18-35(7,8)36(9,10)28(19-34(5,6)23(3)4)33(41)42-21-37-20-30(38)39/h11-17,22-23,27-28,37H,18-21H2,1-10H3,(H,38,39). The number of fused-ring (bicyclic) bond motifs is 2. The van der Waals surface area contributed by atoms with Gasteiger partial charge in [-0.15, -0.1) is 0 Å². The van der Waals surface area contributed by atoms with Crippen LogP contribution >= 0.6 is 0 Å². The van der Waals surface area contributed by atoms with Crippen molar-refractivity contribution < 1.29 is 23.8 Å². The Morgan fingerprint density at radius 2 is 1.53 bits per heavy atom. The third kappa shape index (κ3) is 7.49. The normalized spacial score (nSPS) is 14.4. The van der Waals surface area contributed by atoms with Crippen LogP contribution in [0.4, 0.5) is 0 Å². The van der Waals surface area contributed by atoms with Gasteiger partial charge in [0.1, 0.15) is 17.9 Å². The number of ether oxygens (including phenoxy) is 1. The van der Waals surface area contributed by atoms with Crippen LogP contribution in [-0.4, -0.2) is 30.3 Å². The highest BCUT2D eigenvalue weighted by Crippen LogP contribution is 2.54. The first-order chi connectivity index (χ1) is 19.9. The van der Waals surface area contributed by atoms with Crippen LogP contribution in [0.5, 0.6) is 0 Å². The zero-order chi connectivity index (χ0) is 32.3. The van der Waals surface area contributed by atoms with E-state index in [0.29, 0.717) is 34.3 Å². The number of carboxylic acids is 1. The van der Waals surface area contributed by atoms with Crippen molar-refractivity contribution in [1.82, 2.24) is 5.32 Å². The van der Waals surface area contributed by atoms with Crippen LogP contribution in [0, 0.1) is 34.0 Å². The summed E-state index contributed by atoms with van der Waals surface area (Å²) in [6, 6.07) is 13.2. The van der Waals surface area contributed by atoms with E-state index in [0.717, 1.165) is 12.0 Å². The molecule has 0 bridgehead atoms. The zero-order valence-corrected chi connectivity index (χ0v) is 27.7. The number of nitrogens with one attached hydrogen (secondary N) is 1. The molecule has 2 atom stereocenters. The maximum Gasteiger partial charge on any atom is 0.317 e. The molecule has 1 heterocycles. The number of carboxylic acid groups (broad SMARTS) is 1. The van der Waals surface area contributed by atoms with Crippen molar-refractivity contribution in [3.05, 3.63) is 58.3 Å². The quantitative estimate of drug-likeness (QED) is 0.0844. The molecule has 0 fully saturated rings. The Bertz CT molecular complexity index is 1500. The Kier molecular flexibility index (Phi) is 10.5. The minimum absolute atomic E-state index is 0.0315.